The molecule has 4 nitrogen and oxygen atoms in total. The van der Waals surface area contributed by atoms with Crippen LogP contribution in [0.1, 0.15) is 39.5 Å². The van der Waals surface area contributed by atoms with Gasteiger partial charge in [0, 0.05) is 30.0 Å². The molecule has 0 amide bonds. The fourth-order valence-corrected chi connectivity index (χ4v) is 4.57. The first-order valence-electron chi connectivity index (χ1n) is 6.81. The Bertz CT molecular complexity index is 577. The predicted molar refractivity (Wildman–Crippen MR) is 82.9 cm³/mol. The lowest BCUT2D eigenvalue weighted by Gasteiger charge is -2.38. The fourth-order valence-electron chi connectivity index (χ4n) is 2.64. The predicted octanol–water partition coefficient (Wildman–Crippen LogP) is 3.43. The number of hydrogen-bond donors (Lipinski definition) is 0. The normalized spacial score (nSPS) is 20.2. The van der Waals surface area contributed by atoms with Crippen molar-refractivity contribution in [2.24, 2.45) is 5.41 Å². The lowest BCUT2D eigenvalue weighted by atomic mass is 9.76. The molecule has 0 spiro atoms. The first-order valence-corrected chi connectivity index (χ1v) is 9.04. The number of aromatic nitrogens is 1. The largest absolute Gasteiger partial charge is 0.262 e. The Balaban J connectivity index is 2.18. The molecular formula is C14H21BrN2O2S. The fraction of sp³-hybridized carbons (Fsp3) is 0.643. The van der Waals surface area contributed by atoms with Crippen molar-refractivity contribution in [2.75, 3.05) is 7.05 Å². The maximum atomic E-state index is 12.6. The van der Waals surface area contributed by atoms with Crippen molar-refractivity contribution < 1.29 is 8.42 Å². The molecule has 20 heavy (non-hydrogen) atoms. The molecule has 1 aromatic heterocycles. The van der Waals surface area contributed by atoms with E-state index in [9.17, 15) is 8.42 Å². The van der Waals surface area contributed by atoms with E-state index in [1.807, 2.05) is 0 Å². The Morgan fingerprint density at radius 3 is 2.45 bits per heavy atom. The number of halogens is 1. The summed E-state index contributed by atoms with van der Waals surface area (Å²) >= 11 is 3.27. The summed E-state index contributed by atoms with van der Waals surface area (Å²) in [5, 5.41) is 0. The van der Waals surface area contributed by atoms with Gasteiger partial charge in [-0.05, 0) is 53.1 Å². The molecule has 1 aromatic rings. The third-order valence-electron chi connectivity index (χ3n) is 4.18. The van der Waals surface area contributed by atoms with Gasteiger partial charge >= 0.3 is 0 Å². The summed E-state index contributed by atoms with van der Waals surface area (Å²) in [4.78, 5) is 4.20. The van der Waals surface area contributed by atoms with E-state index >= 15 is 0 Å². The van der Waals surface area contributed by atoms with E-state index in [4.69, 9.17) is 0 Å². The number of pyridine rings is 1. The van der Waals surface area contributed by atoms with Crippen molar-refractivity contribution >= 4 is 26.0 Å². The van der Waals surface area contributed by atoms with Gasteiger partial charge in [0.2, 0.25) is 10.0 Å². The van der Waals surface area contributed by atoms with Crippen molar-refractivity contribution in [3.05, 3.63) is 22.9 Å². The van der Waals surface area contributed by atoms with E-state index in [2.05, 4.69) is 34.8 Å². The van der Waals surface area contributed by atoms with E-state index in [0.29, 0.717) is 9.89 Å². The number of sulfonamides is 1. The average molecular weight is 361 g/mol. The van der Waals surface area contributed by atoms with Crippen molar-refractivity contribution in [1.82, 2.24) is 9.29 Å². The maximum absolute atomic E-state index is 12.6. The van der Waals surface area contributed by atoms with Gasteiger partial charge in [0.15, 0.2) is 0 Å². The van der Waals surface area contributed by atoms with Crippen LogP contribution in [0.15, 0.2) is 27.8 Å². The lowest BCUT2D eigenvalue weighted by molar-refractivity contribution is 0.174. The third kappa shape index (κ3) is 3.40. The SMILES string of the molecule is CN(C1CCC(C)(C)CC1)S(=O)(=O)c1cncc(Br)c1. The van der Waals surface area contributed by atoms with E-state index in [1.165, 1.54) is 10.5 Å². The van der Waals surface area contributed by atoms with Crippen molar-refractivity contribution in [1.29, 1.82) is 0 Å². The summed E-state index contributed by atoms with van der Waals surface area (Å²) < 4.78 is 27.4. The summed E-state index contributed by atoms with van der Waals surface area (Å²) in [7, 11) is -1.78. The number of hydrogen-bond acceptors (Lipinski definition) is 3. The Hall–Kier alpha value is -0.460. The highest BCUT2D eigenvalue weighted by molar-refractivity contribution is 9.10. The summed E-state index contributed by atoms with van der Waals surface area (Å²) in [5.41, 5.74) is 0.332. The van der Waals surface area contributed by atoms with Crippen LogP contribution in [0, 0.1) is 5.41 Å². The molecule has 1 heterocycles. The molecule has 0 aliphatic heterocycles. The monoisotopic (exact) mass is 360 g/mol. The quantitative estimate of drug-likeness (QED) is 0.829. The Labute approximate surface area is 129 Å². The van der Waals surface area contributed by atoms with E-state index in [1.54, 1.807) is 19.3 Å². The molecule has 1 fully saturated rings. The van der Waals surface area contributed by atoms with Gasteiger partial charge in [0.25, 0.3) is 0 Å². The molecule has 0 unspecified atom stereocenters. The van der Waals surface area contributed by atoms with Crippen LogP contribution in [0.2, 0.25) is 0 Å². The van der Waals surface area contributed by atoms with Gasteiger partial charge in [-0.25, -0.2) is 8.42 Å². The summed E-state index contributed by atoms with van der Waals surface area (Å²) in [5.74, 6) is 0. The molecule has 0 saturated heterocycles. The number of nitrogens with zero attached hydrogens (tertiary/aromatic N) is 2. The zero-order valence-electron chi connectivity index (χ0n) is 12.1. The smallest absolute Gasteiger partial charge is 0.244 e. The Kier molecular flexibility index (Phi) is 4.56. The van der Waals surface area contributed by atoms with Gasteiger partial charge in [-0.15, -0.1) is 0 Å². The van der Waals surface area contributed by atoms with Crippen molar-refractivity contribution in [3.8, 4) is 0 Å². The van der Waals surface area contributed by atoms with Gasteiger partial charge in [0.05, 0.1) is 0 Å². The Morgan fingerprint density at radius 1 is 1.30 bits per heavy atom. The number of rotatable bonds is 3. The first kappa shape index (κ1) is 15.9. The molecule has 1 aliphatic rings. The molecule has 0 atom stereocenters. The van der Waals surface area contributed by atoms with Crippen LogP contribution in [-0.2, 0) is 10.0 Å². The van der Waals surface area contributed by atoms with E-state index in [0.717, 1.165) is 25.7 Å². The molecule has 0 radical (unpaired) electrons. The molecule has 1 aliphatic carbocycles. The van der Waals surface area contributed by atoms with Crippen LogP contribution < -0.4 is 0 Å². The Morgan fingerprint density at radius 2 is 1.90 bits per heavy atom. The molecule has 112 valence electrons. The highest BCUT2D eigenvalue weighted by Crippen LogP contribution is 2.37. The molecule has 0 N–H and O–H groups in total. The minimum Gasteiger partial charge on any atom is -0.262 e. The van der Waals surface area contributed by atoms with Gasteiger partial charge < -0.3 is 0 Å². The van der Waals surface area contributed by atoms with E-state index < -0.39 is 10.0 Å². The van der Waals surface area contributed by atoms with Crippen LogP contribution in [-0.4, -0.2) is 30.8 Å². The lowest BCUT2D eigenvalue weighted by Crippen LogP contribution is -2.40. The molecule has 0 aromatic carbocycles. The summed E-state index contributed by atoms with van der Waals surface area (Å²) in [6.45, 7) is 4.49. The van der Waals surface area contributed by atoms with Crippen LogP contribution in [0.5, 0.6) is 0 Å². The molecule has 6 heteroatoms. The van der Waals surface area contributed by atoms with Gasteiger partial charge in [-0.3, -0.25) is 4.98 Å². The highest BCUT2D eigenvalue weighted by Gasteiger charge is 2.34. The second kappa shape index (κ2) is 5.73. The van der Waals surface area contributed by atoms with Crippen molar-refractivity contribution in [2.45, 2.75) is 50.5 Å². The van der Waals surface area contributed by atoms with Crippen molar-refractivity contribution in [3.63, 3.8) is 0 Å². The highest BCUT2D eigenvalue weighted by atomic mass is 79.9. The van der Waals surface area contributed by atoms with Crippen LogP contribution >= 0.6 is 15.9 Å². The zero-order chi connectivity index (χ0) is 15.0. The average Bonchev–Trinajstić information content (AvgIpc) is 2.38. The third-order valence-corrected chi connectivity index (χ3v) is 6.49. The minimum atomic E-state index is -3.46. The topological polar surface area (TPSA) is 50.3 Å². The van der Waals surface area contributed by atoms with Crippen LogP contribution in [0.4, 0.5) is 0 Å². The molecule has 0 bridgehead atoms. The van der Waals surface area contributed by atoms with Gasteiger partial charge in [0.1, 0.15) is 4.90 Å². The molecule has 2 rings (SSSR count). The van der Waals surface area contributed by atoms with Crippen LogP contribution in [0.3, 0.4) is 0 Å². The molecule has 1 saturated carbocycles. The van der Waals surface area contributed by atoms with Gasteiger partial charge in [-0.1, -0.05) is 13.8 Å². The first-order chi connectivity index (χ1) is 9.22. The zero-order valence-corrected chi connectivity index (χ0v) is 14.5. The second-order valence-corrected chi connectivity index (χ2v) is 9.17. The second-order valence-electron chi connectivity index (χ2n) is 6.26. The minimum absolute atomic E-state index is 0.0898. The van der Waals surface area contributed by atoms with E-state index in [-0.39, 0.29) is 10.9 Å². The standard InChI is InChI=1S/C14H21BrN2O2S/c1-14(2)6-4-12(5-7-14)17(3)20(18,19)13-8-11(15)9-16-10-13/h8-10,12H,4-7H2,1-3H3. The maximum Gasteiger partial charge on any atom is 0.244 e. The van der Waals surface area contributed by atoms with Crippen LogP contribution in [0.25, 0.3) is 0 Å². The molecular weight excluding hydrogens is 340 g/mol. The summed E-state index contributed by atoms with van der Waals surface area (Å²) in [6, 6.07) is 1.69. The summed E-state index contributed by atoms with van der Waals surface area (Å²) in [6.07, 6.45) is 6.96. The van der Waals surface area contributed by atoms with Gasteiger partial charge in [-0.2, -0.15) is 4.31 Å².